The van der Waals surface area contributed by atoms with Crippen molar-refractivity contribution in [2.75, 3.05) is 11.4 Å². The zero-order valence-corrected chi connectivity index (χ0v) is 10.6. The molecule has 0 radical (unpaired) electrons. The summed E-state index contributed by atoms with van der Waals surface area (Å²) in [6.45, 7) is 0.292. The van der Waals surface area contributed by atoms with Crippen LogP contribution in [0.2, 0.25) is 0 Å². The Morgan fingerprint density at radius 2 is 2.10 bits per heavy atom. The van der Waals surface area contributed by atoms with Gasteiger partial charge in [-0.05, 0) is 18.1 Å². The molecular weight excluding hydrogens is 260 g/mol. The zero-order valence-electron chi connectivity index (χ0n) is 10.6. The molecule has 20 heavy (non-hydrogen) atoms. The van der Waals surface area contributed by atoms with E-state index in [1.54, 1.807) is 4.90 Å². The lowest BCUT2D eigenvalue weighted by molar-refractivity contribution is -0.137. The van der Waals surface area contributed by atoms with Crippen LogP contribution in [-0.4, -0.2) is 38.5 Å². The number of hydrogen-bond acceptors (Lipinski definition) is 4. The lowest BCUT2D eigenvalue weighted by Gasteiger charge is -2.15. The fourth-order valence-electron chi connectivity index (χ4n) is 2.30. The Labute approximate surface area is 114 Å². The highest BCUT2D eigenvalue weighted by molar-refractivity contribution is 6.05. The number of aromatic nitrogens is 3. The van der Waals surface area contributed by atoms with Gasteiger partial charge in [-0.25, -0.2) is 4.68 Å². The van der Waals surface area contributed by atoms with Crippen LogP contribution in [0.3, 0.4) is 0 Å². The fraction of sp³-hybridized carbons (Fsp3) is 0.231. The van der Waals surface area contributed by atoms with E-state index >= 15 is 0 Å². The molecule has 1 aromatic carbocycles. The molecule has 1 aromatic heterocycles. The van der Waals surface area contributed by atoms with Crippen molar-refractivity contribution in [2.45, 2.75) is 13.0 Å². The molecule has 0 atom stereocenters. The summed E-state index contributed by atoms with van der Waals surface area (Å²) in [7, 11) is 0. The van der Waals surface area contributed by atoms with Crippen molar-refractivity contribution >= 4 is 17.6 Å². The molecule has 0 unspecified atom stereocenters. The average molecular weight is 272 g/mol. The Kier molecular flexibility index (Phi) is 2.94. The van der Waals surface area contributed by atoms with Gasteiger partial charge in [0.05, 0.1) is 6.20 Å². The monoisotopic (exact) mass is 272 g/mol. The minimum Gasteiger partial charge on any atom is -0.480 e. The number of hydrogen-bond donors (Lipinski definition) is 1. The van der Waals surface area contributed by atoms with Crippen molar-refractivity contribution in [1.82, 2.24) is 15.0 Å². The van der Waals surface area contributed by atoms with Gasteiger partial charge in [-0.2, -0.15) is 0 Å². The van der Waals surface area contributed by atoms with Gasteiger partial charge in [0, 0.05) is 12.2 Å². The number of carboxylic acid groups (broad SMARTS) is 1. The number of rotatable bonds is 3. The van der Waals surface area contributed by atoms with E-state index in [-0.39, 0.29) is 18.1 Å². The predicted octanol–water partition coefficient (Wildman–Crippen LogP) is 0.566. The van der Waals surface area contributed by atoms with Crippen LogP contribution in [0.15, 0.2) is 30.5 Å². The van der Waals surface area contributed by atoms with Crippen LogP contribution in [-0.2, 0) is 17.8 Å². The minimum absolute atomic E-state index is 0.156. The number of amides is 1. The van der Waals surface area contributed by atoms with Gasteiger partial charge in [-0.3, -0.25) is 9.59 Å². The number of carbonyl (C=O) groups excluding carboxylic acids is 1. The Bertz CT molecular complexity index is 680. The molecule has 0 aliphatic carbocycles. The second-order valence-electron chi connectivity index (χ2n) is 4.53. The van der Waals surface area contributed by atoms with Crippen molar-refractivity contribution < 1.29 is 14.7 Å². The molecule has 2 heterocycles. The van der Waals surface area contributed by atoms with Gasteiger partial charge in [0.25, 0.3) is 5.91 Å². The summed E-state index contributed by atoms with van der Waals surface area (Å²) in [6.07, 6.45) is 2.17. The molecule has 3 rings (SSSR count). The third-order valence-corrected chi connectivity index (χ3v) is 3.19. The van der Waals surface area contributed by atoms with Crippen molar-refractivity contribution in [3.63, 3.8) is 0 Å². The van der Waals surface area contributed by atoms with E-state index in [1.807, 2.05) is 24.3 Å². The van der Waals surface area contributed by atoms with Gasteiger partial charge in [0.15, 0.2) is 5.69 Å². The topological polar surface area (TPSA) is 88.3 Å². The average Bonchev–Trinajstić information content (AvgIpc) is 3.03. The SMILES string of the molecule is O=C(O)Cn1cc(C(=O)N2CCc3ccccc32)nn1. The van der Waals surface area contributed by atoms with Crippen molar-refractivity contribution in [3.05, 3.63) is 41.7 Å². The summed E-state index contributed by atoms with van der Waals surface area (Å²) in [5.74, 6) is -1.29. The van der Waals surface area contributed by atoms with E-state index in [2.05, 4.69) is 10.3 Å². The molecule has 0 fully saturated rings. The molecule has 0 saturated carbocycles. The Morgan fingerprint density at radius 3 is 2.90 bits per heavy atom. The van der Waals surface area contributed by atoms with Crippen LogP contribution in [0, 0.1) is 0 Å². The lowest BCUT2D eigenvalue weighted by atomic mass is 10.2. The van der Waals surface area contributed by atoms with Crippen LogP contribution in [0.1, 0.15) is 16.1 Å². The molecule has 1 aliphatic rings. The van der Waals surface area contributed by atoms with E-state index in [9.17, 15) is 9.59 Å². The van der Waals surface area contributed by atoms with Crippen molar-refractivity contribution in [2.24, 2.45) is 0 Å². The first-order valence-electron chi connectivity index (χ1n) is 6.17. The standard InChI is InChI=1S/C13H12N4O3/c18-12(19)8-16-7-10(14-15-16)13(20)17-6-5-9-3-1-2-4-11(9)17/h1-4,7H,5-6,8H2,(H,18,19). The van der Waals surface area contributed by atoms with E-state index in [0.717, 1.165) is 22.4 Å². The summed E-state index contributed by atoms with van der Waals surface area (Å²) in [4.78, 5) is 24.6. The smallest absolute Gasteiger partial charge is 0.325 e. The number of anilines is 1. The second kappa shape index (κ2) is 4.76. The summed E-state index contributed by atoms with van der Waals surface area (Å²) in [5, 5.41) is 16.1. The summed E-state index contributed by atoms with van der Waals surface area (Å²) in [6, 6.07) is 7.70. The second-order valence-corrected chi connectivity index (χ2v) is 4.53. The number of aliphatic carboxylic acids is 1. The largest absolute Gasteiger partial charge is 0.480 e. The van der Waals surface area contributed by atoms with E-state index in [0.29, 0.717) is 6.54 Å². The number of carboxylic acids is 1. The molecule has 1 aliphatic heterocycles. The molecule has 1 N–H and O–H groups in total. The van der Waals surface area contributed by atoms with Crippen LogP contribution in [0.25, 0.3) is 0 Å². The first-order chi connectivity index (χ1) is 9.65. The molecule has 2 aromatic rings. The van der Waals surface area contributed by atoms with E-state index in [1.165, 1.54) is 6.20 Å². The van der Waals surface area contributed by atoms with Gasteiger partial charge in [-0.1, -0.05) is 23.4 Å². The molecule has 7 heteroatoms. The number of carbonyl (C=O) groups is 2. The zero-order chi connectivity index (χ0) is 14.1. The van der Waals surface area contributed by atoms with Gasteiger partial charge < -0.3 is 10.0 Å². The minimum atomic E-state index is -1.03. The maximum absolute atomic E-state index is 12.4. The molecule has 102 valence electrons. The number of fused-ring (bicyclic) bond motifs is 1. The van der Waals surface area contributed by atoms with Gasteiger partial charge in [0.2, 0.25) is 0 Å². The van der Waals surface area contributed by atoms with Crippen LogP contribution in [0.4, 0.5) is 5.69 Å². The Morgan fingerprint density at radius 1 is 1.30 bits per heavy atom. The summed E-state index contributed by atoms with van der Waals surface area (Å²) < 4.78 is 1.14. The quantitative estimate of drug-likeness (QED) is 0.882. The number of para-hydroxylation sites is 1. The highest BCUT2D eigenvalue weighted by Crippen LogP contribution is 2.28. The fourth-order valence-corrected chi connectivity index (χ4v) is 2.30. The normalized spacial score (nSPS) is 13.3. The number of nitrogens with zero attached hydrogens (tertiary/aromatic N) is 4. The highest BCUT2D eigenvalue weighted by Gasteiger charge is 2.27. The third kappa shape index (κ3) is 2.13. The van der Waals surface area contributed by atoms with Gasteiger partial charge in [-0.15, -0.1) is 5.10 Å². The molecule has 0 spiro atoms. The highest BCUT2D eigenvalue weighted by atomic mass is 16.4. The predicted molar refractivity (Wildman–Crippen MR) is 69.5 cm³/mol. The molecule has 0 saturated heterocycles. The van der Waals surface area contributed by atoms with E-state index < -0.39 is 5.97 Å². The van der Waals surface area contributed by atoms with Gasteiger partial charge >= 0.3 is 5.97 Å². The van der Waals surface area contributed by atoms with E-state index in [4.69, 9.17) is 5.11 Å². The third-order valence-electron chi connectivity index (χ3n) is 3.19. The summed E-state index contributed by atoms with van der Waals surface area (Å²) in [5.41, 5.74) is 2.16. The Hall–Kier alpha value is -2.70. The number of benzene rings is 1. The maximum atomic E-state index is 12.4. The van der Waals surface area contributed by atoms with Gasteiger partial charge in [0.1, 0.15) is 6.54 Å². The first kappa shape index (κ1) is 12.3. The molecule has 0 bridgehead atoms. The summed E-state index contributed by atoms with van der Waals surface area (Å²) >= 11 is 0. The van der Waals surface area contributed by atoms with Crippen LogP contribution < -0.4 is 4.90 Å². The molecular formula is C13H12N4O3. The van der Waals surface area contributed by atoms with Crippen molar-refractivity contribution in [1.29, 1.82) is 0 Å². The first-order valence-corrected chi connectivity index (χ1v) is 6.17. The molecule has 1 amide bonds. The maximum Gasteiger partial charge on any atom is 0.325 e. The Balaban J connectivity index is 1.83. The van der Waals surface area contributed by atoms with Crippen LogP contribution >= 0.6 is 0 Å². The lowest BCUT2D eigenvalue weighted by Crippen LogP contribution is -2.29. The van der Waals surface area contributed by atoms with Crippen molar-refractivity contribution in [3.8, 4) is 0 Å². The molecule has 7 nitrogen and oxygen atoms in total. The van der Waals surface area contributed by atoms with Crippen LogP contribution in [0.5, 0.6) is 0 Å².